The molecule has 1 saturated carbocycles. The van der Waals surface area contributed by atoms with Gasteiger partial charge in [-0.05, 0) is 6.42 Å². The summed E-state index contributed by atoms with van der Waals surface area (Å²) in [5.74, 6) is -0.317. The average Bonchev–Trinajstić information content (AvgIpc) is 2.44. The number of hydrogen-bond acceptors (Lipinski definition) is 2. The van der Waals surface area contributed by atoms with Gasteiger partial charge in [0.15, 0.2) is 0 Å². The Hall–Kier alpha value is -0.830. The minimum Gasteiger partial charge on any atom is -0.368 e. The zero-order chi connectivity index (χ0) is 7.07. The van der Waals surface area contributed by atoms with E-state index in [1.165, 1.54) is 0 Å². The van der Waals surface area contributed by atoms with E-state index in [9.17, 15) is 4.79 Å². The molecule has 1 fully saturated rings. The van der Waals surface area contributed by atoms with Crippen LogP contribution in [0.4, 0.5) is 0 Å². The summed E-state index contributed by atoms with van der Waals surface area (Å²) >= 11 is 0. The molecule has 4 N–H and O–H groups in total. The van der Waals surface area contributed by atoms with E-state index in [1.54, 1.807) is 6.08 Å². The molecule has 1 aliphatic carbocycles. The van der Waals surface area contributed by atoms with Gasteiger partial charge in [0.2, 0.25) is 5.91 Å². The molecule has 2 atom stereocenters. The lowest BCUT2D eigenvalue weighted by Crippen LogP contribution is -2.40. The van der Waals surface area contributed by atoms with Gasteiger partial charge >= 0.3 is 0 Å². The highest BCUT2D eigenvalue weighted by atomic mass is 16.1. The van der Waals surface area contributed by atoms with Crippen LogP contribution in [0.15, 0.2) is 12.7 Å². The molecule has 2 unspecified atom stereocenters. The van der Waals surface area contributed by atoms with Crippen molar-refractivity contribution < 1.29 is 4.79 Å². The van der Waals surface area contributed by atoms with Gasteiger partial charge in [-0.15, -0.1) is 6.58 Å². The zero-order valence-electron chi connectivity index (χ0n) is 5.13. The number of rotatable bonds is 2. The average molecular weight is 142 g/mol. The number of nitrogens with two attached hydrogens (primary N) is 2. The fourth-order valence-electron chi connectivity index (χ4n) is 0.882. The number of hydrogen-bond donors (Lipinski definition) is 2. The SMILES string of the molecule is C.C=CC1CC1(N)C(N)=O. The second-order valence-corrected chi connectivity index (χ2v) is 2.45. The fraction of sp³-hybridized carbons (Fsp3) is 0.571. The second-order valence-electron chi connectivity index (χ2n) is 2.45. The summed E-state index contributed by atoms with van der Waals surface area (Å²) in [7, 11) is 0. The standard InChI is InChI=1S/C6H10N2O.CH4/c1-2-4-3-6(4,8)5(7)9;/h2,4H,1,3,8H2,(H2,7,9);1H4. The van der Waals surface area contributed by atoms with Crippen LogP contribution >= 0.6 is 0 Å². The molecule has 0 heterocycles. The van der Waals surface area contributed by atoms with Crippen molar-refractivity contribution in [2.45, 2.75) is 19.4 Å². The topological polar surface area (TPSA) is 69.1 Å². The van der Waals surface area contributed by atoms with Crippen molar-refractivity contribution in [2.75, 3.05) is 0 Å². The summed E-state index contributed by atoms with van der Waals surface area (Å²) < 4.78 is 0. The zero-order valence-corrected chi connectivity index (χ0v) is 5.13. The second kappa shape index (κ2) is 2.42. The van der Waals surface area contributed by atoms with Crippen molar-refractivity contribution >= 4 is 5.91 Å². The van der Waals surface area contributed by atoms with Crippen molar-refractivity contribution in [2.24, 2.45) is 17.4 Å². The predicted molar refractivity (Wildman–Crippen MR) is 41.1 cm³/mol. The van der Waals surface area contributed by atoms with Crippen LogP contribution in [0.3, 0.4) is 0 Å². The quantitative estimate of drug-likeness (QED) is 0.533. The van der Waals surface area contributed by atoms with Gasteiger partial charge in [0, 0.05) is 5.92 Å². The van der Waals surface area contributed by atoms with Gasteiger partial charge in [-0.1, -0.05) is 13.5 Å². The summed E-state index contributed by atoms with van der Waals surface area (Å²) in [5, 5.41) is 0. The smallest absolute Gasteiger partial charge is 0.238 e. The molecule has 3 nitrogen and oxygen atoms in total. The molecule has 0 spiro atoms. The van der Waals surface area contributed by atoms with Crippen molar-refractivity contribution in [3.05, 3.63) is 12.7 Å². The molecule has 1 aliphatic rings. The number of amides is 1. The Morgan fingerprint density at radius 3 is 2.40 bits per heavy atom. The summed E-state index contributed by atoms with van der Waals surface area (Å²) in [6.07, 6.45) is 2.33. The lowest BCUT2D eigenvalue weighted by molar-refractivity contribution is -0.120. The Labute approximate surface area is 61.1 Å². The number of carbonyl (C=O) groups is 1. The van der Waals surface area contributed by atoms with Crippen molar-refractivity contribution in [1.29, 1.82) is 0 Å². The molecular formula is C7H14N2O. The van der Waals surface area contributed by atoms with E-state index in [0.29, 0.717) is 6.42 Å². The summed E-state index contributed by atoms with van der Waals surface area (Å²) in [6.45, 7) is 3.51. The van der Waals surface area contributed by atoms with Crippen LogP contribution in [0, 0.1) is 5.92 Å². The van der Waals surface area contributed by atoms with Crippen LogP contribution in [0.25, 0.3) is 0 Å². The van der Waals surface area contributed by atoms with Crippen LogP contribution in [-0.2, 0) is 4.79 Å². The first-order chi connectivity index (χ1) is 4.11. The molecule has 58 valence electrons. The van der Waals surface area contributed by atoms with Crippen LogP contribution in [0.1, 0.15) is 13.8 Å². The van der Waals surface area contributed by atoms with E-state index in [1.807, 2.05) is 0 Å². The molecule has 10 heavy (non-hydrogen) atoms. The van der Waals surface area contributed by atoms with Gasteiger partial charge < -0.3 is 11.5 Å². The van der Waals surface area contributed by atoms with Gasteiger partial charge in [-0.3, -0.25) is 4.79 Å². The fourth-order valence-corrected chi connectivity index (χ4v) is 0.882. The van der Waals surface area contributed by atoms with Gasteiger partial charge in [-0.2, -0.15) is 0 Å². The molecule has 1 rings (SSSR count). The third kappa shape index (κ3) is 1.04. The highest BCUT2D eigenvalue weighted by molar-refractivity contribution is 5.88. The van der Waals surface area contributed by atoms with Crippen LogP contribution in [0.5, 0.6) is 0 Å². The molecule has 0 bridgehead atoms. The minimum atomic E-state index is -0.762. The summed E-state index contributed by atoms with van der Waals surface area (Å²) in [6, 6.07) is 0. The molecule has 0 aromatic rings. The van der Waals surface area contributed by atoms with Gasteiger partial charge in [0.05, 0.1) is 0 Å². The van der Waals surface area contributed by atoms with E-state index in [2.05, 4.69) is 6.58 Å². The predicted octanol–water partition coefficient (Wildman–Crippen LogP) is 0.0112. The van der Waals surface area contributed by atoms with Crippen LogP contribution < -0.4 is 11.5 Å². The van der Waals surface area contributed by atoms with E-state index < -0.39 is 11.4 Å². The Balaban J connectivity index is 0.000000810. The largest absolute Gasteiger partial charge is 0.368 e. The van der Waals surface area contributed by atoms with Gasteiger partial charge in [0.25, 0.3) is 0 Å². The van der Waals surface area contributed by atoms with E-state index in [4.69, 9.17) is 11.5 Å². The molecular weight excluding hydrogens is 128 g/mol. The minimum absolute atomic E-state index is 0. The Kier molecular flexibility index (Phi) is 2.22. The van der Waals surface area contributed by atoms with Crippen molar-refractivity contribution in [3.63, 3.8) is 0 Å². The first-order valence-electron chi connectivity index (χ1n) is 2.82. The lowest BCUT2D eigenvalue weighted by atomic mass is 10.2. The maximum absolute atomic E-state index is 10.5. The Morgan fingerprint density at radius 1 is 1.80 bits per heavy atom. The Morgan fingerprint density at radius 2 is 2.30 bits per heavy atom. The number of primary amides is 1. The molecule has 0 aliphatic heterocycles. The lowest BCUT2D eigenvalue weighted by Gasteiger charge is -2.01. The van der Waals surface area contributed by atoms with Crippen molar-refractivity contribution in [3.8, 4) is 0 Å². The molecule has 3 heteroatoms. The summed E-state index contributed by atoms with van der Waals surface area (Å²) in [4.78, 5) is 10.5. The van der Waals surface area contributed by atoms with E-state index >= 15 is 0 Å². The molecule has 0 aromatic carbocycles. The highest BCUT2D eigenvalue weighted by Gasteiger charge is 2.54. The highest BCUT2D eigenvalue weighted by Crippen LogP contribution is 2.41. The monoisotopic (exact) mass is 142 g/mol. The number of carbonyl (C=O) groups excluding carboxylic acids is 1. The van der Waals surface area contributed by atoms with Gasteiger partial charge in [-0.25, -0.2) is 0 Å². The van der Waals surface area contributed by atoms with E-state index in [0.717, 1.165) is 0 Å². The third-order valence-electron chi connectivity index (χ3n) is 1.80. The normalized spacial score (nSPS) is 35.9. The van der Waals surface area contributed by atoms with E-state index in [-0.39, 0.29) is 13.3 Å². The Bertz CT molecular complexity index is 167. The van der Waals surface area contributed by atoms with Gasteiger partial charge in [0.1, 0.15) is 5.54 Å². The molecule has 0 radical (unpaired) electrons. The molecule has 1 amide bonds. The van der Waals surface area contributed by atoms with Crippen LogP contribution in [0.2, 0.25) is 0 Å². The first-order valence-corrected chi connectivity index (χ1v) is 2.82. The summed E-state index contributed by atoms with van der Waals surface area (Å²) in [5.41, 5.74) is 9.72. The maximum atomic E-state index is 10.5. The van der Waals surface area contributed by atoms with Crippen molar-refractivity contribution in [1.82, 2.24) is 0 Å². The van der Waals surface area contributed by atoms with Crippen LogP contribution in [-0.4, -0.2) is 11.4 Å². The third-order valence-corrected chi connectivity index (χ3v) is 1.80. The maximum Gasteiger partial charge on any atom is 0.238 e. The molecule has 0 saturated heterocycles. The molecule has 0 aromatic heterocycles. The first kappa shape index (κ1) is 9.17.